The van der Waals surface area contributed by atoms with Crippen LogP contribution in [0.3, 0.4) is 0 Å². The minimum atomic E-state index is -1.19. The minimum Gasteiger partial charge on any atom is -0.457 e. The number of aryl methyl sites for hydroxylation is 1. The SMILES string of the molecule is Cc1ccc(Oc2ccc3c(/C=C/c4nccn4COCC[Si](C)(C)C)nn(COCC[Si](C)(C)C)c3c2)cc1N. The monoisotopic (exact) mass is 591 g/mol. The van der Waals surface area contributed by atoms with Crippen LogP contribution in [0.1, 0.15) is 17.1 Å². The molecule has 0 radical (unpaired) electrons. The first-order valence-corrected chi connectivity index (χ1v) is 21.7. The number of imidazole rings is 1. The summed E-state index contributed by atoms with van der Waals surface area (Å²) in [7, 11) is -2.32. The molecule has 2 aromatic carbocycles. The molecule has 4 aromatic rings. The first-order chi connectivity index (χ1) is 19.4. The van der Waals surface area contributed by atoms with Crippen LogP contribution < -0.4 is 10.5 Å². The van der Waals surface area contributed by atoms with Gasteiger partial charge in [-0.15, -0.1) is 0 Å². The van der Waals surface area contributed by atoms with Gasteiger partial charge in [0.2, 0.25) is 0 Å². The third-order valence-electron chi connectivity index (χ3n) is 6.81. The maximum absolute atomic E-state index is 6.16. The number of aromatic nitrogens is 4. The summed E-state index contributed by atoms with van der Waals surface area (Å²) in [4.78, 5) is 4.52. The largest absolute Gasteiger partial charge is 0.457 e. The maximum atomic E-state index is 6.16. The normalized spacial score (nSPS) is 12.6. The lowest BCUT2D eigenvalue weighted by Gasteiger charge is -2.15. The summed E-state index contributed by atoms with van der Waals surface area (Å²) >= 11 is 0. The zero-order chi connectivity index (χ0) is 29.6. The Hall–Kier alpha value is -3.19. The van der Waals surface area contributed by atoms with Gasteiger partial charge in [-0.25, -0.2) is 9.67 Å². The Labute approximate surface area is 246 Å². The van der Waals surface area contributed by atoms with Gasteiger partial charge in [-0.1, -0.05) is 45.3 Å². The smallest absolute Gasteiger partial charge is 0.140 e. The van der Waals surface area contributed by atoms with Gasteiger partial charge in [-0.2, -0.15) is 5.10 Å². The van der Waals surface area contributed by atoms with E-state index >= 15 is 0 Å². The topological polar surface area (TPSA) is 89.3 Å². The third kappa shape index (κ3) is 9.15. The molecule has 4 rings (SSSR count). The maximum Gasteiger partial charge on any atom is 0.140 e. The molecule has 0 unspecified atom stereocenters. The summed E-state index contributed by atoms with van der Waals surface area (Å²) in [6.45, 7) is 18.4. The highest BCUT2D eigenvalue weighted by Gasteiger charge is 2.15. The number of hydrogen-bond donors (Lipinski definition) is 1. The van der Waals surface area contributed by atoms with Gasteiger partial charge in [0.15, 0.2) is 0 Å². The first-order valence-electron chi connectivity index (χ1n) is 14.3. The summed E-state index contributed by atoms with van der Waals surface area (Å²) in [5, 5.41) is 5.92. The van der Waals surface area contributed by atoms with Crippen molar-refractivity contribution in [1.82, 2.24) is 19.3 Å². The van der Waals surface area contributed by atoms with Crippen LogP contribution in [0.5, 0.6) is 11.5 Å². The summed E-state index contributed by atoms with van der Waals surface area (Å²) in [6, 6.07) is 14.0. The van der Waals surface area contributed by atoms with Crippen molar-refractivity contribution in [1.29, 1.82) is 0 Å². The van der Waals surface area contributed by atoms with Crippen LogP contribution in [0, 0.1) is 6.92 Å². The van der Waals surface area contributed by atoms with Gasteiger partial charge in [0.1, 0.15) is 30.8 Å². The van der Waals surface area contributed by atoms with E-state index in [9.17, 15) is 0 Å². The molecule has 220 valence electrons. The molecule has 0 atom stereocenters. The lowest BCUT2D eigenvalue weighted by Crippen LogP contribution is -2.22. The van der Waals surface area contributed by atoms with E-state index in [4.69, 9.17) is 25.0 Å². The zero-order valence-corrected chi connectivity index (χ0v) is 27.6. The van der Waals surface area contributed by atoms with Crippen molar-refractivity contribution in [2.75, 3.05) is 18.9 Å². The van der Waals surface area contributed by atoms with Crippen molar-refractivity contribution in [3.05, 3.63) is 65.9 Å². The number of nitrogens with zero attached hydrogens (tertiary/aromatic N) is 4. The van der Waals surface area contributed by atoms with Crippen molar-refractivity contribution in [3.63, 3.8) is 0 Å². The Morgan fingerprint density at radius 2 is 1.51 bits per heavy atom. The molecule has 0 aliphatic rings. The van der Waals surface area contributed by atoms with Gasteiger partial charge in [0.25, 0.3) is 0 Å². The third-order valence-corrected chi connectivity index (χ3v) is 10.2. The van der Waals surface area contributed by atoms with Crippen molar-refractivity contribution >= 4 is 44.9 Å². The van der Waals surface area contributed by atoms with E-state index < -0.39 is 16.1 Å². The van der Waals surface area contributed by atoms with E-state index in [0.29, 0.717) is 30.6 Å². The van der Waals surface area contributed by atoms with Crippen LogP contribution in [-0.2, 0) is 22.9 Å². The molecule has 0 aliphatic carbocycles. The Morgan fingerprint density at radius 1 is 0.854 bits per heavy atom. The zero-order valence-electron chi connectivity index (χ0n) is 25.6. The second-order valence-electron chi connectivity index (χ2n) is 13.0. The molecule has 0 spiro atoms. The van der Waals surface area contributed by atoms with E-state index in [1.54, 1.807) is 6.20 Å². The number of fused-ring (bicyclic) bond motifs is 1. The number of benzene rings is 2. The number of nitrogens with two attached hydrogens (primary N) is 1. The van der Waals surface area contributed by atoms with Crippen LogP contribution in [-0.4, -0.2) is 48.7 Å². The Balaban J connectivity index is 1.55. The van der Waals surface area contributed by atoms with E-state index in [2.05, 4.69) is 44.3 Å². The highest BCUT2D eigenvalue weighted by atomic mass is 28.3. The number of anilines is 1. The molecule has 0 saturated carbocycles. The van der Waals surface area contributed by atoms with Crippen molar-refractivity contribution in [2.45, 2.75) is 71.8 Å². The average molecular weight is 592 g/mol. The summed E-state index contributed by atoms with van der Waals surface area (Å²) in [5.74, 6) is 2.23. The van der Waals surface area contributed by atoms with Crippen LogP contribution in [0.15, 0.2) is 48.8 Å². The fraction of sp³-hybridized carbons (Fsp3) is 0.419. The van der Waals surface area contributed by atoms with Crippen molar-refractivity contribution in [2.24, 2.45) is 0 Å². The predicted octanol–water partition coefficient (Wildman–Crippen LogP) is 7.71. The molecule has 0 amide bonds. The van der Waals surface area contributed by atoms with Gasteiger partial charge < -0.3 is 24.5 Å². The van der Waals surface area contributed by atoms with Crippen molar-refractivity contribution in [3.8, 4) is 11.5 Å². The van der Waals surface area contributed by atoms with Crippen LogP contribution >= 0.6 is 0 Å². The lowest BCUT2D eigenvalue weighted by atomic mass is 10.2. The molecule has 41 heavy (non-hydrogen) atoms. The molecule has 2 aromatic heterocycles. The number of hydrogen-bond acceptors (Lipinski definition) is 6. The number of ether oxygens (including phenoxy) is 3. The molecule has 0 fully saturated rings. The van der Waals surface area contributed by atoms with Crippen LogP contribution in [0.4, 0.5) is 5.69 Å². The molecule has 0 saturated heterocycles. The quantitative estimate of drug-likeness (QED) is 0.0918. The number of nitrogen functional groups attached to an aromatic ring is 1. The first kappa shape index (κ1) is 30.8. The standard InChI is InChI=1S/C31H45N5O3Si2/c1-24-8-9-25(20-28(24)32)39-26-10-11-27-29(34-36(30(27)21-26)23-38-17-19-41(5,6)7)12-13-31-33-14-15-35(31)22-37-16-18-40(2,3)4/h8-15,20-21H,16-19,22-23,32H2,1-7H3/b13-12+. The molecule has 0 aliphatic heterocycles. The molecule has 2 heterocycles. The summed E-state index contributed by atoms with van der Waals surface area (Å²) < 4.78 is 22.1. The molecule has 8 nitrogen and oxygen atoms in total. The lowest BCUT2D eigenvalue weighted by molar-refractivity contribution is 0.0816. The van der Waals surface area contributed by atoms with E-state index in [1.165, 1.54) is 0 Å². The van der Waals surface area contributed by atoms with Crippen molar-refractivity contribution < 1.29 is 14.2 Å². The van der Waals surface area contributed by atoms with Crippen LogP contribution in [0.25, 0.3) is 23.1 Å². The number of rotatable bonds is 14. The highest BCUT2D eigenvalue weighted by Crippen LogP contribution is 2.30. The Bertz CT molecular complexity index is 1480. The second kappa shape index (κ2) is 13.2. The Kier molecular flexibility index (Phi) is 9.90. The summed E-state index contributed by atoms with van der Waals surface area (Å²) in [5.41, 5.74) is 9.61. The fourth-order valence-electron chi connectivity index (χ4n) is 4.10. The minimum absolute atomic E-state index is 0.370. The average Bonchev–Trinajstić information content (AvgIpc) is 3.48. The molecular weight excluding hydrogens is 547 g/mol. The highest BCUT2D eigenvalue weighted by molar-refractivity contribution is 6.76. The Morgan fingerprint density at radius 3 is 2.20 bits per heavy atom. The van der Waals surface area contributed by atoms with E-state index in [0.717, 1.165) is 53.3 Å². The summed E-state index contributed by atoms with van der Waals surface area (Å²) in [6.07, 6.45) is 7.73. The van der Waals surface area contributed by atoms with Gasteiger partial charge in [-0.05, 0) is 54.9 Å². The fourth-order valence-corrected chi connectivity index (χ4v) is 5.61. The molecule has 10 heteroatoms. The van der Waals surface area contributed by atoms with Crippen LogP contribution in [0.2, 0.25) is 51.4 Å². The molecule has 2 N–H and O–H groups in total. The second-order valence-corrected chi connectivity index (χ2v) is 24.2. The molecular formula is C31H45N5O3Si2. The van der Waals surface area contributed by atoms with Gasteiger partial charge in [0.05, 0.1) is 11.2 Å². The van der Waals surface area contributed by atoms with Gasteiger partial charge in [0, 0.05) is 65.0 Å². The molecule has 0 bridgehead atoms. The van der Waals surface area contributed by atoms with Gasteiger partial charge >= 0.3 is 0 Å². The van der Waals surface area contributed by atoms with E-state index in [-0.39, 0.29) is 0 Å². The predicted molar refractivity (Wildman–Crippen MR) is 175 cm³/mol. The van der Waals surface area contributed by atoms with Gasteiger partial charge in [-0.3, -0.25) is 0 Å². The van der Waals surface area contributed by atoms with E-state index in [1.807, 2.05) is 70.9 Å².